The number of halogens is 1. The lowest BCUT2D eigenvalue weighted by Crippen LogP contribution is -2.36. The molecule has 0 bridgehead atoms. The van der Waals surface area contributed by atoms with Gasteiger partial charge in [0, 0.05) is 59.1 Å². The fourth-order valence-electron chi connectivity index (χ4n) is 4.49. The highest BCUT2D eigenvalue weighted by molar-refractivity contribution is 7.15. The molecule has 7 nitrogen and oxygen atoms in total. The molecule has 0 saturated carbocycles. The number of nitrogens with zero attached hydrogens (tertiary/aromatic N) is 5. The van der Waals surface area contributed by atoms with E-state index in [4.69, 9.17) is 16.6 Å². The summed E-state index contributed by atoms with van der Waals surface area (Å²) in [5.74, 6) is 1.49. The molecule has 3 aromatic heterocycles. The number of carboxylic acid groups (broad SMARTS) is 1. The molecule has 1 aromatic carbocycles. The van der Waals surface area contributed by atoms with Gasteiger partial charge >= 0.3 is 6.09 Å². The standard InChI is InChI=1S/C26H26ClN5O2S/c27-21-2-3-23-20(15-21)1-4-24(30-23)31-12-7-18(8-13-31)9-14-32(26(33)34)17-22-16-29-25(35-22)19-5-10-28-11-6-19/h1-6,10-11,15-16,18H,7-9,12-14,17H2,(H,33,34). The Balaban J connectivity index is 1.14. The highest BCUT2D eigenvalue weighted by Crippen LogP contribution is 2.28. The zero-order valence-corrected chi connectivity index (χ0v) is 20.8. The van der Waals surface area contributed by atoms with E-state index in [1.165, 1.54) is 16.2 Å². The molecule has 1 N–H and O–H groups in total. The van der Waals surface area contributed by atoms with Crippen LogP contribution in [-0.4, -0.2) is 50.7 Å². The van der Waals surface area contributed by atoms with Gasteiger partial charge in [-0.05, 0) is 67.6 Å². The van der Waals surface area contributed by atoms with Crippen molar-refractivity contribution >= 4 is 45.8 Å². The van der Waals surface area contributed by atoms with Gasteiger partial charge in [-0.3, -0.25) is 4.98 Å². The van der Waals surface area contributed by atoms with Crippen LogP contribution in [0.4, 0.5) is 10.6 Å². The molecule has 0 radical (unpaired) electrons. The molecule has 0 unspecified atom stereocenters. The van der Waals surface area contributed by atoms with E-state index < -0.39 is 6.09 Å². The molecule has 5 rings (SSSR count). The Bertz CT molecular complexity index is 1310. The number of piperidine rings is 1. The minimum absolute atomic E-state index is 0.363. The van der Waals surface area contributed by atoms with Gasteiger partial charge in [0.1, 0.15) is 10.8 Å². The molecule has 4 heterocycles. The van der Waals surface area contributed by atoms with E-state index in [0.29, 0.717) is 24.0 Å². The van der Waals surface area contributed by atoms with Gasteiger partial charge in [0.25, 0.3) is 0 Å². The third-order valence-electron chi connectivity index (χ3n) is 6.48. The van der Waals surface area contributed by atoms with Crippen molar-refractivity contribution < 1.29 is 9.90 Å². The van der Waals surface area contributed by atoms with Crippen LogP contribution < -0.4 is 4.90 Å². The van der Waals surface area contributed by atoms with Gasteiger partial charge in [0.15, 0.2) is 0 Å². The highest BCUT2D eigenvalue weighted by atomic mass is 35.5. The van der Waals surface area contributed by atoms with E-state index in [0.717, 1.165) is 64.5 Å². The van der Waals surface area contributed by atoms with Crippen LogP contribution >= 0.6 is 22.9 Å². The summed E-state index contributed by atoms with van der Waals surface area (Å²) in [6.45, 7) is 2.74. The average molecular weight is 508 g/mol. The molecule has 1 aliphatic heterocycles. The average Bonchev–Trinajstić information content (AvgIpc) is 3.35. The predicted molar refractivity (Wildman–Crippen MR) is 140 cm³/mol. The first-order valence-electron chi connectivity index (χ1n) is 11.7. The molecular weight excluding hydrogens is 482 g/mol. The second-order valence-electron chi connectivity index (χ2n) is 8.80. The van der Waals surface area contributed by atoms with Gasteiger partial charge in [0.05, 0.1) is 12.1 Å². The Labute approximate surface area is 213 Å². The number of fused-ring (bicyclic) bond motifs is 1. The summed E-state index contributed by atoms with van der Waals surface area (Å²) < 4.78 is 0. The van der Waals surface area contributed by atoms with Crippen LogP contribution in [0.1, 0.15) is 24.1 Å². The number of thiazole rings is 1. The van der Waals surface area contributed by atoms with Crippen molar-refractivity contribution in [2.24, 2.45) is 5.92 Å². The third-order valence-corrected chi connectivity index (χ3v) is 7.75. The second-order valence-corrected chi connectivity index (χ2v) is 10.3. The first-order chi connectivity index (χ1) is 17.0. The van der Waals surface area contributed by atoms with Crippen LogP contribution in [0.3, 0.4) is 0 Å². The Kier molecular flexibility index (Phi) is 7.11. The van der Waals surface area contributed by atoms with Crippen molar-refractivity contribution in [3.05, 3.63) is 71.0 Å². The van der Waals surface area contributed by atoms with Crippen molar-refractivity contribution in [1.82, 2.24) is 19.9 Å². The van der Waals surface area contributed by atoms with E-state index in [1.54, 1.807) is 18.6 Å². The van der Waals surface area contributed by atoms with E-state index >= 15 is 0 Å². The summed E-state index contributed by atoms with van der Waals surface area (Å²) in [6.07, 6.45) is 7.27. The zero-order valence-electron chi connectivity index (χ0n) is 19.2. The lowest BCUT2D eigenvalue weighted by atomic mass is 9.93. The highest BCUT2D eigenvalue weighted by Gasteiger charge is 2.23. The van der Waals surface area contributed by atoms with Gasteiger partial charge in [-0.25, -0.2) is 14.8 Å². The fraction of sp³-hybridized carbons (Fsp3) is 0.308. The summed E-state index contributed by atoms with van der Waals surface area (Å²) in [5.41, 5.74) is 1.94. The normalized spacial score (nSPS) is 14.4. The summed E-state index contributed by atoms with van der Waals surface area (Å²) in [5, 5.41) is 12.4. The number of aromatic nitrogens is 3. The molecule has 1 fully saturated rings. The summed E-state index contributed by atoms with van der Waals surface area (Å²) in [4.78, 5) is 30.0. The zero-order chi connectivity index (χ0) is 24.2. The fourth-order valence-corrected chi connectivity index (χ4v) is 5.60. The minimum Gasteiger partial charge on any atom is -0.465 e. The number of carbonyl (C=O) groups is 1. The molecular formula is C26H26ClN5O2S. The van der Waals surface area contributed by atoms with Gasteiger partial charge < -0.3 is 14.9 Å². The molecule has 1 amide bonds. The Morgan fingerprint density at radius 3 is 2.71 bits per heavy atom. The first kappa shape index (κ1) is 23.5. The summed E-state index contributed by atoms with van der Waals surface area (Å²) >= 11 is 7.61. The largest absolute Gasteiger partial charge is 0.465 e. The molecule has 0 aliphatic carbocycles. The van der Waals surface area contributed by atoms with Crippen LogP contribution in [0.15, 0.2) is 61.1 Å². The number of amides is 1. The van der Waals surface area contributed by atoms with Crippen molar-refractivity contribution in [1.29, 1.82) is 0 Å². The lowest BCUT2D eigenvalue weighted by Gasteiger charge is -2.33. The Hall–Kier alpha value is -3.23. The Morgan fingerprint density at radius 2 is 1.94 bits per heavy atom. The number of pyridine rings is 2. The number of hydrogen-bond acceptors (Lipinski definition) is 6. The molecule has 180 valence electrons. The molecule has 4 aromatic rings. The van der Waals surface area contributed by atoms with Crippen LogP contribution in [0.5, 0.6) is 0 Å². The number of hydrogen-bond donors (Lipinski definition) is 1. The van der Waals surface area contributed by atoms with Gasteiger partial charge in [-0.1, -0.05) is 11.6 Å². The molecule has 9 heteroatoms. The molecule has 1 saturated heterocycles. The molecule has 35 heavy (non-hydrogen) atoms. The third kappa shape index (κ3) is 5.71. The SMILES string of the molecule is O=C(O)N(CCC1CCN(c2ccc3cc(Cl)ccc3n2)CC1)Cc1cnc(-c2ccncc2)s1. The van der Waals surface area contributed by atoms with E-state index in [9.17, 15) is 9.90 Å². The van der Waals surface area contributed by atoms with Crippen molar-refractivity contribution in [2.45, 2.75) is 25.8 Å². The minimum atomic E-state index is -0.887. The smallest absolute Gasteiger partial charge is 0.407 e. The van der Waals surface area contributed by atoms with Crippen LogP contribution in [0, 0.1) is 5.92 Å². The summed E-state index contributed by atoms with van der Waals surface area (Å²) in [6, 6.07) is 13.7. The van der Waals surface area contributed by atoms with E-state index in [1.807, 2.05) is 30.3 Å². The maximum atomic E-state index is 11.9. The van der Waals surface area contributed by atoms with Crippen LogP contribution in [0.2, 0.25) is 5.02 Å². The predicted octanol–water partition coefficient (Wildman–Crippen LogP) is 6.19. The van der Waals surface area contributed by atoms with Crippen molar-refractivity contribution in [3.8, 4) is 10.6 Å². The van der Waals surface area contributed by atoms with E-state index in [-0.39, 0.29) is 0 Å². The lowest BCUT2D eigenvalue weighted by molar-refractivity contribution is 0.138. The maximum absolute atomic E-state index is 11.9. The topological polar surface area (TPSA) is 82.5 Å². The van der Waals surface area contributed by atoms with Gasteiger partial charge in [-0.2, -0.15) is 0 Å². The van der Waals surface area contributed by atoms with Gasteiger partial charge in [-0.15, -0.1) is 11.3 Å². The maximum Gasteiger partial charge on any atom is 0.407 e. The number of rotatable bonds is 7. The number of anilines is 1. The monoisotopic (exact) mass is 507 g/mol. The van der Waals surface area contributed by atoms with Crippen LogP contribution in [-0.2, 0) is 6.54 Å². The summed E-state index contributed by atoms with van der Waals surface area (Å²) in [7, 11) is 0. The molecule has 0 spiro atoms. The second kappa shape index (κ2) is 10.6. The molecule has 0 atom stereocenters. The first-order valence-corrected chi connectivity index (χ1v) is 12.9. The molecule has 1 aliphatic rings. The Morgan fingerprint density at radius 1 is 1.14 bits per heavy atom. The van der Waals surface area contributed by atoms with E-state index in [2.05, 4.69) is 27.0 Å². The number of benzene rings is 1. The van der Waals surface area contributed by atoms with Crippen molar-refractivity contribution in [3.63, 3.8) is 0 Å². The quantitative estimate of drug-likeness (QED) is 0.321. The van der Waals surface area contributed by atoms with Gasteiger partial charge in [0.2, 0.25) is 0 Å². The van der Waals surface area contributed by atoms with Crippen molar-refractivity contribution in [2.75, 3.05) is 24.5 Å². The van der Waals surface area contributed by atoms with Crippen LogP contribution in [0.25, 0.3) is 21.5 Å².